The van der Waals surface area contributed by atoms with Crippen LogP contribution in [-0.2, 0) is 12.8 Å². The Morgan fingerprint density at radius 1 is 1.15 bits per heavy atom. The van der Waals surface area contributed by atoms with Crippen LogP contribution in [0.5, 0.6) is 5.75 Å². The van der Waals surface area contributed by atoms with Gasteiger partial charge in [-0.3, -0.25) is 4.79 Å². The molecule has 0 unspecified atom stereocenters. The van der Waals surface area contributed by atoms with Crippen LogP contribution in [0.15, 0.2) is 24.4 Å². The molecule has 2 aromatic rings. The van der Waals surface area contributed by atoms with E-state index in [0.29, 0.717) is 17.8 Å². The molecule has 0 radical (unpaired) electrons. The molecule has 1 aliphatic carbocycles. The Bertz CT molecular complexity index is 710. The second kappa shape index (κ2) is 4.40. The van der Waals surface area contributed by atoms with Gasteiger partial charge >= 0.3 is 0 Å². The second-order valence-electron chi connectivity index (χ2n) is 5.25. The summed E-state index contributed by atoms with van der Waals surface area (Å²) in [7, 11) is 0. The van der Waals surface area contributed by atoms with Crippen molar-refractivity contribution in [2.45, 2.75) is 25.7 Å². The molecule has 0 fully saturated rings. The molecule has 20 heavy (non-hydrogen) atoms. The Kier molecular flexibility index (Phi) is 2.55. The lowest BCUT2D eigenvalue weighted by Crippen LogP contribution is -2.13. The highest BCUT2D eigenvalue weighted by Crippen LogP contribution is 2.30. The number of aromatic nitrogens is 2. The quantitative estimate of drug-likeness (QED) is 0.796. The smallest absolute Gasteiger partial charge is 0.166 e. The molecule has 0 amide bonds. The summed E-state index contributed by atoms with van der Waals surface area (Å²) in [5.74, 6) is 1.83. The fourth-order valence-electron chi connectivity index (χ4n) is 2.86. The van der Waals surface area contributed by atoms with E-state index in [-0.39, 0.29) is 5.78 Å². The minimum absolute atomic E-state index is 0.167. The summed E-state index contributed by atoms with van der Waals surface area (Å²) < 4.78 is 5.51. The number of rotatable bonds is 1. The molecule has 0 N–H and O–H groups in total. The van der Waals surface area contributed by atoms with E-state index in [9.17, 15) is 4.79 Å². The molecule has 4 rings (SSSR count). The van der Waals surface area contributed by atoms with Crippen LogP contribution in [0.2, 0.25) is 0 Å². The minimum Gasteiger partial charge on any atom is -0.493 e. The van der Waals surface area contributed by atoms with E-state index in [0.717, 1.165) is 42.9 Å². The van der Waals surface area contributed by atoms with E-state index in [1.54, 1.807) is 6.20 Å². The van der Waals surface area contributed by atoms with Crippen LogP contribution in [-0.4, -0.2) is 22.4 Å². The van der Waals surface area contributed by atoms with Crippen molar-refractivity contribution >= 4 is 5.78 Å². The number of carbonyl (C=O) groups excluding carboxylic acids is 1. The molecule has 1 aromatic heterocycles. The third-order valence-corrected chi connectivity index (χ3v) is 3.93. The summed E-state index contributed by atoms with van der Waals surface area (Å²) in [6.07, 6.45) is 4.99. The van der Waals surface area contributed by atoms with Crippen LogP contribution in [0.3, 0.4) is 0 Å². The van der Waals surface area contributed by atoms with Gasteiger partial charge in [0.05, 0.1) is 17.9 Å². The summed E-state index contributed by atoms with van der Waals surface area (Å²) in [5.41, 5.74) is 3.79. The van der Waals surface area contributed by atoms with Crippen LogP contribution in [0.4, 0.5) is 0 Å². The molecule has 2 heterocycles. The Morgan fingerprint density at radius 2 is 2.10 bits per heavy atom. The maximum absolute atomic E-state index is 11.8. The lowest BCUT2D eigenvalue weighted by molar-refractivity contribution is 0.0971. The number of carbonyl (C=O) groups is 1. The number of nitrogens with zero attached hydrogens (tertiary/aromatic N) is 2. The Balaban J connectivity index is 1.77. The fraction of sp³-hybridized carbons (Fsp3) is 0.312. The van der Waals surface area contributed by atoms with Crippen LogP contribution in [0.25, 0.3) is 11.4 Å². The minimum atomic E-state index is 0.167. The SMILES string of the molecule is O=C1CCCc2nc(-c3ccc4c(c3)CCO4)ncc21. The number of aryl methyl sites for hydroxylation is 1. The van der Waals surface area contributed by atoms with E-state index in [4.69, 9.17) is 4.74 Å². The molecule has 0 spiro atoms. The average molecular weight is 266 g/mol. The molecule has 4 nitrogen and oxygen atoms in total. The first-order valence-corrected chi connectivity index (χ1v) is 6.96. The van der Waals surface area contributed by atoms with E-state index in [2.05, 4.69) is 16.0 Å². The third kappa shape index (κ3) is 1.80. The zero-order chi connectivity index (χ0) is 13.5. The largest absolute Gasteiger partial charge is 0.493 e. The second-order valence-corrected chi connectivity index (χ2v) is 5.25. The zero-order valence-electron chi connectivity index (χ0n) is 11.1. The van der Waals surface area contributed by atoms with Crippen LogP contribution in [0.1, 0.15) is 34.5 Å². The first kappa shape index (κ1) is 11.6. The molecule has 1 aliphatic heterocycles. The molecular formula is C16H14N2O2. The van der Waals surface area contributed by atoms with Gasteiger partial charge in [0.15, 0.2) is 11.6 Å². The number of ketones is 1. The van der Waals surface area contributed by atoms with Crippen LogP contribution in [0, 0.1) is 0 Å². The lowest BCUT2D eigenvalue weighted by Gasteiger charge is -2.14. The van der Waals surface area contributed by atoms with Gasteiger partial charge in [-0.1, -0.05) is 0 Å². The van der Waals surface area contributed by atoms with E-state index >= 15 is 0 Å². The Morgan fingerprint density at radius 3 is 3.05 bits per heavy atom. The van der Waals surface area contributed by atoms with E-state index < -0.39 is 0 Å². The van der Waals surface area contributed by atoms with Crippen LogP contribution < -0.4 is 4.74 Å². The van der Waals surface area contributed by atoms with Crippen molar-refractivity contribution in [1.29, 1.82) is 0 Å². The summed E-state index contributed by atoms with van der Waals surface area (Å²) in [6, 6.07) is 6.05. The van der Waals surface area contributed by atoms with Gasteiger partial charge in [0.2, 0.25) is 0 Å². The molecule has 0 atom stereocenters. The van der Waals surface area contributed by atoms with Crippen molar-refractivity contribution in [3.8, 4) is 17.1 Å². The zero-order valence-corrected chi connectivity index (χ0v) is 11.1. The number of hydrogen-bond donors (Lipinski definition) is 0. The highest BCUT2D eigenvalue weighted by Gasteiger charge is 2.20. The third-order valence-electron chi connectivity index (χ3n) is 3.93. The first-order chi connectivity index (χ1) is 9.81. The molecule has 0 saturated carbocycles. The van der Waals surface area contributed by atoms with E-state index in [1.807, 2.05) is 12.1 Å². The van der Waals surface area contributed by atoms with Gasteiger partial charge in [0.25, 0.3) is 0 Å². The molecule has 1 aromatic carbocycles. The molecule has 0 saturated heterocycles. The van der Waals surface area contributed by atoms with Gasteiger partial charge in [-0.15, -0.1) is 0 Å². The highest BCUT2D eigenvalue weighted by atomic mass is 16.5. The topological polar surface area (TPSA) is 52.1 Å². The number of Topliss-reactive ketones (excluding diaryl/α,β-unsaturated/α-hetero) is 1. The Labute approximate surface area is 116 Å². The monoisotopic (exact) mass is 266 g/mol. The van der Waals surface area contributed by atoms with E-state index in [1.165, 1.54) is 5.56 Å². The number of benzene rings is 1. The normalized spacial score (nSPS) is 16.5. The lowest BCUT2D eigenvalue weighted by atomic mass is 9.96. The van der Waals surface area contributed by atoms with Crippen molar-refractivity contribution < 1.29 is 9.53 Å². The van der Waals surface area contributed by atoms with Gasteiger partial charge < -0.3 is 4.74 Å². The van der Waals surface area contributed by atoms with Crippen molar-refractivity contribution in [2.75, 3.05) is 6.61 Å². The number of hydrogen-bond acceptors (Lipinski definition) is 4. The van der Waals surface area contributed by atoms with Gasteiger partial charge in [-0.2, -0.15) is 0 Å². The van der Waals surface area contributed by atoms with Gasteiger partial charge in [-0.25, -0.2) is 9.97 Å². The average Bonchev–Trinajstić information content (AvgIpc) is 2.94. The maximum Gasteiger partial charge on any atom is 0.166 e. The maximum atomic E-state index is 11.8. The van der Waals surface area contributed by atoms with Crippen LogP contribution >= 0.6 is 0 Å². The molecular weight excluding hydrogens is 252 g/mol. The molecule has 100 valence electrons. The van der Waals surface area contributed by atoms with Gasteiger partial charge in [-0.05, 0) is 36.6 Å². The predicted octanol–water partition coefficient (Wildman–Crippen LogP) is 2.60. The summed E-state index contributed by atoms with van der Waals surface area (Å²) in [4.78, 5) is 20.7. The number of ether oxygens (including phenoxy) is 1. The fourth-order valence-corrected chi connectivity index (χ4v) is 2.86. The standard InChI is InChI=1S/C16H14N2O2/c19-14-3-1-2-13-12(14)9-17-16(18-13)11-4-5-15-10(8-11)6-7-20-15/h4-5,8-9H,1-3,6-7H2. The van der Waals surface area contributed by atoms with Crippen molar-refractivity contribution in [1.82, 2.24) is 9.97 Å². The predicted molar refractivity (Wildman–Crippen MR) is 73.9 cm³/mol. The van der Waals surface area contributed by atoms with Gasteiger partial charge in [0.1, 0.15) is 5.75 Å². The Hall–Kier alpha value is -2.23. The molecule has 4 heteroatoms. The number of fused-ring (bicyclic) bond motifs is 2. The van der Waals surface area contributed by atoms with Crippen molar-refractivity contribution in [3.05, 3.63) is 41.2 Å². The first-order valence-electron chi connectivity index (χ1n) is 6.96. The summed E-state index contributed by atoms with van der Waals surface area (Å²) >= 11 is 0. The van der Waals surface area contributed by atoms with Gasteiger partial charge in [0, 0.05) is 24.6 Å². The molecule has 0 bridgehead atoms. The van der Waals surface area contributed by atoms with Crippen molar-refractivity contribution in [2.24, 2.45) is 0 Å². The summed E-state index contributed by atoms with van der Waals surface area (Å²) in [6.45, 7) is 0.748. The summed E-state index contributed by atoms with van der Waals surface area (Å²) in [5, 5.41) is 0. The highest BCUT2D eigenvalue weighted by molar-refractivity contribution is 5.97. The van der Waals surface area contributed by atoms with Crippen molar-refractivity contribution in [3.63, 3.8) is 0 Å². The molecule has 2 aliphatic rings.